The third kappa shape index (κ3) is 10.8. The molecular weight excluding hydrogens is 887 g/mol. The van der Waals surface area contributed by atoms with Crippen molar-refractivity contribution in [3.05, 3.63) is 69.8 Å². The summed E-state index contributed by atoms with van der Waals surface area (Å²) in [5.74, 6) is -2.83. The number of ether oxygens (including phenoxy) is 3. The van der Waals surface area contributed by atoms with Gasteiger partial charge in [0.1, 0.15) is 17.8 Å². The lowest BCUT2D eigenvalue weighted by Crippen LogP contribution is -2.63. The molecule has 0 spiro atoms. The molecule has 3 saturated heterocycles. The molecule has 68 heavy (non-hydrogen) atoms. The average Bonchev–Trinajstić information content (AvgIpc) is 3.88. The molecule has 4 heterocycles. The second-order valence-corrected chi connectivity index (χ2v) is 22.5. The molecule has 6 rings (SSSR count). The number of hydrogen-bond acceptors (Lipinski definition) is 12. The maximum absolute atomic E-state index is 14.3. The predicted molar refractivity (Wildman–Crippen MR) is 260 cm³/mol. The highest BCUT2D eigenvalue weighted by molar-refractivity contribution is 8.03. The zero-order valence-corrected chi connectivity index (χ0v) is 42.6. The zero-order valence-electron chi connectivity index (χ0n) is 41.8. The lowest BCUT2D eigenvalue weighted by atomic mass is 9.72. The monoisotopic (exact) mass is 959 g/mol. The first-order valence-corrected chi connectivity index (χ1v) is 25.2. The fourth-order valence-corrected chi connectivity index (χ4v) is 11.7. The van der Waals surface area contributed by atoms with E-state index >= 15 is 0 Å². The van der Waals surface area contributed by atoms with Gasteiger partial charge in [-0.1, -0.05) is 85.7 Å². The Hall–Kier alpha value is -4.73. The minimum absolute atomic E-state index is 0.00903. The Morgan fingerprint density at radius 2 is 1.65 bits per heavy atom. The minimum atomic E-state index is -1.16. The summed E-state index contributed by atoms with van der Waals surface area (Å²) in [6, 6.07) is 12.0. The van der Waals surface area contributed by atoms with Gasteiger partial charge in [-0.2, -0.15) is 0 Å². The minimum Gasteiger partial charge on any atom is -0.493 e. The number of amides is 2. The molecule has 2 aromatic carbocycles. The number of hydrogen-bond donors (Lipinski definition) is 3. The first kappa shape index (κ1) is 52.6. The number of fused-ring (bicyclic) bond motifs is 1. The Morgan fingerprint density at radius 1 is 0.941 bits per heavy atom. The van der Waals surface area contributed by atoms with Crippen LogP contribution in [0.4, 0.5) is 0 Å². The van der Waals surface area contributed by atoms with E-state index in [0.717, 1.165) is 23.1 Å². The first-order chi connectivity index (χ1) is 32.0. The largest absolute Gasteiger partial charge is 0.493 e. The van der Waals surface area contributed by atoms with E-state index in [1.807, 2.05) is 58.0 Å². The summed E-state index contributed by atoms with van der Waals surface area (Å²) in [6.07, 6.45) is 3.47. The molecule has 0 aromatic heterocycles. The van der Waals surface area contributed by atoms with Crippen molar-refractivity contribution >= 4 is 47.1 Å². The number of carbonyl (C=O) groups excluding carboxylic acids is 5. The van der Waals surface area contributed by atoms with Crippen molar-refractivity contribution in [3.8, 4) is 11.5 Å². The summed E-state index contributed by atoms with van der Waals surface area (Å²) in [4.78, 5) is 84.2. The molecule has 0 saturated carbocycles. The summed E-state index contributed by atoms with van der Waals surface area (Å²) in [6.45, 7) is 17.9. The highest BCUT2D eigenvalue weighted by Gasteiger charge is 2.60. The van der Waals surface area contributed by atoms with E-state index in [2.05, 4.69) is 31.3 Å². The molecule has 0 unspecified atom stereocenters. The third-order valence-corrected chi connectivity index (χ3v) is 16.7. The summed E-state index contributed by atoms with van der Waals surface area (Å²) in [7, 11) is 3.16. The van der Waals surface area contributed by atoms with Crippen molar-refractivity contribution < 1.29 is 53.2 Å². The molecular formula is C53H73N3O11S. The van der Waals surface area contributed by atoms with Crippen molar-refractivity contribution in [2.24, 2.45) is 22.7 Å². The predicted octanol–water partition coefficient (Wildman–Crippen LogP) is 7.58. The van der Waals surface area contributed by atoms with Crippen LogP contribution >= 0.6 is 11.8 Å². The number of rotatable bonds is 21. The lowest BCUT2D eigenvalue weighted by Gasteiger charge is -2.46. The number of nitrogens with one attached hydrogen (secondary N) is 1. The summed E-state index contributed by atoms with van der Waals surface area (Å²) >= 11 is 1.43. The number of aliphatic hydroxyl groups excluding tert-OH is 1. The van der Waals surface area contributed by atoms with Gasteiger partial charge in [0, 0.05) is 40.0 Å². The summed E-state index contributed by atoms with van der Waals surface area (Å²) < 4.78 is 17.5. The van der Waals surface area contributed by atoms with Crippen LogP contribution in [0.15, 0.2) is 53.1 Å². The first-order valence-electron chi connectivity index (χ1n) is 24.3. The van der Waals surface area contributed by atoms with Crippen molar-refractivity contribution in [2.75, 3.05) is 27.3 Å². The van der Waals surface area contributed by atoms with Crippen LogP contribution in [-0.2, 0) is 45.3 Å². The average molecular weight is 960 g/mol. The number of piperidine rings is 1. The number of ketones is 2. The smallest absolute Gasteiger partial charge is 0.353 e. The number of β-lactam (4-membered cyclic amide) rings is 1. The van der Waals surface area contributed by atoms with E-state index in [-0.39, 0.29) is 28.6 Å². The quantitative estimate of drug-likeness (QED) is 0.0632. The SMILES string of the molecule is CCC(C)(C)C(=O)C(=O)N1CCCC[C@H]1C(=O)O[C@H](CCc1ccc(OC)c(OC)c1)c1cccc(C(C)(C)CCC(C)(C)C(=O)[C@@H]2C[C@H](SC3=C(C(=O)O)N4C(=O)[C@H]([C@@H](C)O)[C@H]4[C@H]3C)CN2)c1. The Morgan fingerprint density at radius 3 is 2.29 bits per heavy atom. The van der Waals surface area contributed by atoms with Crippen molar-refractivity contribution in [3.63, 3.8) is 0 Å². The number of aliphatic hydroxyl groups is 1. The molecule has 2 aromatic rings. The summed E-state index contributed by atoms with van der Waals surface area (Å²) in [5.41, 5.74) is 0.796. The second kappa shape index (κ2) is 21.1. The Bertz CT molecular complexity index is 2290. The van der Waals surface area contributed by atoms with Gasteiger partial charge in [0.05, 0.1) is 38.3 Å². The molecule has 8 atom stereocenters. The molecule has 4 aliphatic heterocycles. The maximum Gasteiger partial charge on any atom is 0.353 e. The van der Waals surface area contributed by atoms with Crippen molar-refractivity contribution in [1.29, 1.82) is 0 Å². The molecule has 14 nitrogen and oxygen atoms in total. The van der Waals surface area contributed by atoms with Gasteiger partial charge in [-0.15, -0.1) is 11.8 Å². The molecule has 0 radical (unpaired) electrons. The van der Waals surface area contributed by atoms with E-state index in [1.54, 1.807) is 35.0 Å². The van der Waals surface area contributed by atoms with Crippen LogP contribution in [0.1, 0.15) is 136 Å². The van der Waals surface area contributed by atoms with Gasteiger partial charge >= 0.3 is 11.9 Å². The van der Waals surface area contributed by atoms with E-state index in [0.29, 0.717) is 80.9 Å². The van der Waals surface area contributed by atoms with E-state index in [4.69, 9.17) is 14.2 Å². The van der Waals surface area contributed by atoms with Gasteiger partial charge in [0.15, 0.2) is 17.3 Å². The number of esters is 1. The number of Topliss-reactive ketones (excluding diaryl/α,β-unsaturated/α-hetero) is 2. The van der Waals surface area contributed by atoms with Crippen LogP contribution in [0.5, 0.6) is 11.5 Å². The molecule has 0 bridgehead atoms. The molecule has 372 valence electrons. The molecule has 15 heteroatoms. The normalized spacial score (nSPS) is 24.0. The van der Waals surface area contributed by atoms with E-state index in [1.165, 1.54) is 21.6 Å². The number of thioether (sulfide) groups is 1. The zero-order chi connectivity index (χ0) is 50.0. The highest BCUT2D eigenvalue weighted by atomic mass is 32.2. The number of carboxylic acid groups (broad SMARTS) is 1. The van der Waals surface area contributed by atoms with Crippen LogP contribution in [0.2, 0.25) is 0 Å². The van der Waals surface area contributed by atoms with Crippen LogP contribution in [0.3, 0.4) is 0 Å². The van der Waals surface area contributed by atoms with Gasteiger partial charge < -0.3 is 39.5 Å². The lowest BCUT2D eigenvalue weighted by molar-refractivity contribution is -0.164. The fraction of sp³-hybridized carbons (Fsp3) is 0.623. The van der Waals surface area contributed by atoms with Crippen LogP contribution in [0.25, 0.3) is 0 Å². The summed E-state index contributed by atoms with van der Waals surface area (Å²) in [5, 5.41) is 23.7. The highest BCUT2D eigenvalue weighted by Crippen LogP contribution is 2.52. The van der Waals surface area contributed by atoms with Crippen LogP contribution < -0.4 is 14.8 Å². The second-order valence-electron chi connectivity index (χ2n) is 21.2. The Balaban J connectivity index is 1.16. The number of likely N-dealkylation sites (tertiary alicyclic amines) is 1. The fourth-order valence-electron chi connectivity index (χ4n) is 10.2. The Kier molecular flexibility index (Phi) is 16.3. The number of nitrogens with zero attached hydrogens (tertiary/aromatic N) is 2. The molecule has 4 aliphatic rings. The number of carbonyl (C=O) groups is 6. The van der Waals surface area contributed by atoms with Gasteiger partial charge in [-0.25, -0.2) is 9.59 Å². The number of methoxy groups -OCH3 is 2. The number of benzene rings is 2. The van der Waals surface area contributed by atoms with Gasteiger partial charge in [0.2, 0.25) is 11.7 Å². The van der Waals surface area contributed by atoms with Gasteiger partial charge in [-0.3, -0.25) is 19.2 Å². The number of carboxylic acids is 1. The molecule has 2 amide bonds. The van der Waals surface area contributed by atoms with Crippen molar-refractivity contribution in [1.82, 2.24) is 15.1 Å². The maximum atomic E-state index is 14.3. The van der Waals surface area contributed by atoms with E-state index < -0.39 is 76.1 Å². The number of aryl methyl sites for hydroxylation is 1. The molecule has 3 N–H and O–H groups in total. The van der Waals surface area contributed by atoms with Crippen molar-refractivity contribution in [2.45, 2.75) is 161 Å². The third-order valence-electron chi connectivity index (χ3n) is 15.2. The topological polar surface area (TPSA) is 189 Å². The Labute approximate surface area is 406 Å². The van der Waals surface area contributed by atoms with Gasteiger partial charge in [-0.05, 0) is 98.9 Å². The van der Waals surface area contributed by atoms with Crippen LogP contribution in [-0.4, -0.2) is 112 Å². The molecule has 0 aliphatic carbocycles. The van der Waals surface area contributed by atoms with E-state index in [9.17, 15) is 39.0 Å². The van der Waals surface area contributed by atoms with Gasteiger partial charge in [0.25, 0.3) is 5.91 Å². The number of aliphatic carboxylic acids is 1. The molecule has 3 fully saturated rings. The standard InChI is InChI=1S/C53H73N3O11S/c1-12-51(4,5)46(59)48(61)55-25-14-13-18-37(55)50(64)67-38(21-19-32-20-22-39(65-10)40(26-32)66-11)33-16-15-17-34(27-33)52(6,7)23-24-53(8,9)45(58)36-28-35(29-54-36)68-44-30(2)42-41(31(3)57)47(60)56(42)43(44)49(62)63/h15-17,20,22,26-27,30-31,35-38,41-42,54,57H,12-14,18-19,21,23-25,28-29H2,1-11H3,(H,62,63)/t30-,31-,35+,36+,37+,38-,41-,42-/m1/s1. The van der Waals surface area contributed by atoms with Crippen LogP contribution in [0, 0.1) is 22.7 Å².